The van der Waals surface area contributed by atoms with Crippen molar-refractivity contribution in [1.29, 1.82) is 0 Å². The summed E-state index contributed by atoms with van der Waals surface area (Å²) in [6.07, 6.45) is 1.95. The van der Waals surface area contributed by atoms with E-state index in [1.807, 2.05) is 55.8 Å². The highest BCUT2D eigenvalue weighted by Gasteiger charge is 2.24. The number of para-hydroxylation sites is 1. The first-order valence-corrected chi connectivity index (χ1v) is 7.13. The van der Waals surface area contributed by atoms with Crippen LogP contribution < -0.4 is 0 Å². The average molecular weight is 279 g/mol. The van der Waals surface area contributed by atoms with Crippen molar-refractivity contribution >= 4 is 39.2 Å². The summed E-state index contributed by atoms with van der Waals surface area (Å²) in [5.74, 6) is 0. The first-order valence-electron chi connectivity index (χ1n) is 5.85. The summed E-state index contributed by atoms with van der Waals surface area (Å²) in [4.78, 5) is 0. The highest BCUT2D eigenvalue weighted by molar-refractivity contribution is 8.23. The molecule has 0 aliphatic heterocycles. The monoisotopic (exact) mass is 279 g/mol. The van der Waals surface area contributed by atoms with Gasteiger partial charge in [0.1, 0.15) is 9.76 Å². The number of thioether (sulfide) groups is 1. The molecule has 18 heavy (non-hydrogen) atoms. The predicted octanol–water partition coefficient (Wildman–Crippen LogP) is 3.87. The molecule has 0 fully saturated rings. The van der Waals surface area contributed by atoms with Crippen LogP contribution in [0.25, 0.3) is 10.9 Å². The van der Waals surface area contributed by atoms with Gasteiger partial charge in [0.05, 0.1) is 5.52 Å². The summed E-state index contributed by atoms with van der Waals surface area (Å²) >= 11 is 6.74. The third-order valence-corrected chi connectivity index (χ3v) is 4.56. The molecule has 0 bridgehead atoms. The van der Waals surface area contributed by atoms with Gasteiger partial charge < -0.3 is 9.67 Å². The number of hydrogen-bond donors (Lipinski definition) is 1. The van der Waals surface area contributed by atoms with Gasteiger partial charge >= 0.3 is 0 Å². The lowest BCUT2D eigenvalue weighted by Crippen LogP contribution is -2.25. The van der Waals surface area contributed by atoms with E-state index in [0.717, 1.165) is 10.9 Å². The average Bonchev–Trinajstić information content (AvgIpc) is 2.71. The van der Waals surface area contributed by atoms with Crippen LogP contribution in [0, 0.1) is 5.41 Å². The Labute approximate surface area is 117 Å². The highest BCUT2D eigenvalue weighted by Crippen LogP contribution is 2.30. The van der Waals surface area contributed by atoms with Crippen LogP contribution in [0.15, 0.2) is 36.5 Å². The van der Waals surface area contributed by atoms with Crippen molar-refractivity contribution in [2.75, 3.05) is 0 Å². The second kappa shape index (κ2) is 5.03. The zero-order valence-electron chi connectivity index (χ0n) is 10.8. The Morgan fingerprint density at radius 2 is 1.94 bits per heavy atom. The van der Waals surface area contributed by atoms with Crippen molar-refractivity contribution in [1.82, 2.24) is 4.57 Å². The van der Waals surface area contributed by atoms with Gasteiger partial charge in [-0.05, 0) is 22.9 Å². The molecule has 1 aromatic heterocycles. The van der Waals surface area contributed by atoms with Gasteiger partial charge in [-0.25, -0.2) is 0 Å². The lowest BCUT2D eigenvalue weighted by atomic mass is 9.98. The number of benzene rings is 1. The fourth-order valence-corrected chi connectivity index (χ4v) is 2.82. The van der Waals surface area contributed by atoms with E-state index in [-0.39, 0.29) is 5.41 Å². The van der Waals surface area contributed by atoms with Crippen LogP contribution in [0.4, 0.5) is 0 Å². The van der Waals surface area contributed by atoms with Crippen LogP contribution in [0.1, 0.15) is 20.8 Å². The zero-order valence-corrected chi connectivity index (χ0v) is 12.4. The summed E-state index contributed by atoms with van der Waals surface area (Å²) in [6.45, 7) is 6.00. The lowest BCUT2D eigenvalue weighted by molar-refractivity contribution is 0.143. The highest BCUT2D eigenvalue weighted by atomic mass is 32.2. The molecule has 0 spiro atoms. The van der Waals surface area contributed by atoms with Gasteiger partial charge in [-0.15, -0.1) is 0 Å². The summed E-state index contributed by atoms with van der Waals surface area (Å²) in [7, 11) is 0. The molecule has 0 aliphatic rings. The minimum absolute atomic E-state index is 0.183. The molecule has 2 nitrogen and oxygen atoms in total. The molecule has 1 aromatic carbocycles. The van der Waals surface area contributed by atoms with Crippen molar-refractivity contribution in [3.8, 4) is 0 Å². The number of aliphatic hydroxyl groups is 1. The SMILES string of the molecule is CC(C)(C)C(O)SC(=S)n1ccc2ccccc21. The molecule has 0 aliphatic carbocycles. The fourth-order valence-electron chi connectivity index (χ4n) is 1.57. The first-order chi connectivity index (χ1) is 8.39. The topological polar surface area (TPSA) is 25.2 Å². The largest absolute Gasteiger partial charge is 0.381 e. The molecule has 1 atom stereocenters. The van der Waals surface area contributed by atoms with Crippen molar-refractivity contribution in [2.24, 2.45) is 5.41 Å². The molecule has 0 radical (unpaired) electrons. The number of rotatable bonds is 1. The maximum absolute atomic E-state index is 10.1. The molecule has 2 aromatic rings. The normalized spacial score (nSPS) is 13.8. The van der Waals surface area contributed by atoms with Gasteiger partial charge in [0.25, 0.3) is 0 Å². The Hall–Kier alpha value is -0.840. The second-order valence-electron chi connectivity index (χ2n) is 5.35. The van der Waals surface area contributed by atoms with Gasteiger partial charge in [0.15, 0.2) is 0 Å². The van der Waals surface area contributed by atoms with E-state index in [9.17, 15) is 5.11 Å². The third-order valence-electron chi connectivity index (χ3n) is 2.75. The molecule has 0 saturated carbocycles. The van der Waals surface area contributed by atoms with Gasteiger partial charge in [-0.1, -0.05) is 63.0 Å². The summed E-state index contributed by atoms with van der Waals surface area (Å²) in [5.41, 5.74) is 0.389. The molecular weight excluding hydrogens is 262 g/mol. The molecule has 96 valence electrons. The van der Waals surface area contributed by atoms with Gasteiger partial charge in [0, 0.05) is 6.20 Å². The Morgan fingerprint density at radius 3 is 2.61 bits per heavy atom. The number of aliphatic hydroxyl groups excluding tert-OH is 1. The van der Waals surface area contributed by atoms with E-state index in [2.05, 4.69) is 6.07 Å². The van der Waals surface area contributed by atoms with Crippen LogP contribution in [0.3, 0.4) is 0 Å². The first kappa shape index (κ1) is 13.6. The Morgan fingerprint density at radius 1 is 1.28 bits per heavy atom. The zero-order chi connectivity index (χ0) is 13.3. The van der Waals surface area contributed by atoms with Gasteiger partial charge in [0.2, 0.25) is 0 Å². The molecule has 1 heterocycles. The van der Waals surface area contributed by atoms with Crippen LogP contribution in [-0.2, 0) is 0 Å². The molecule has 2 rings (SSSR count). The van der Waals surface area contributed by atoms with E-state index in [1.54, 1.807) is 0 Å². The Bertz CT molecular complexity index is 568. The maximum Gasteiger partial charge on any atom is 0.147 e. The summed E-state index contributed by atoms with van der Waals surface area (Å²) in [5, 5.41) is 11.2. The van der Waals surface area contributed by atoms with Gasteiger partial charge in [-0.2, -0.15) is 0 Å². The quantitative estimate of drug-likeness (QED) is 0.633. The van der Waals surface area contributed by atoms with E-state index < -0.39 is 5.44 Å². The summed E-state index contributed by atoms with van der Waals surface area (Å²) in [6, 6.07) is 10.1. The summed E-state index contributed by atoms with van der Waals surface area (Å²) < 4.78 is 2.63. The van der Waals surface area contributed by atoms with Crippen molar-refractivity contribution in [2.45, 2.75) is 26.2 Å². The van der Waals surface area contributed by atoms with Crippen molar-refractivity contribution in [3.63, 3.8) is 0 Å². The van der Waals surface area contributed by atoms with E-state index in [4.69, 9.17) is 12.2 Å². The number of hydrogen-bond acceptors (Lipinski definition) is 3. The molecule has 0 amide bonds. The third kappa shape index (κ3) is 2.76. The minimum Gasteiger partial charge on any atom is -0.381 e. The standard InChI is InChI=1S/C14H17NOS2/c1-14(2,3)12(16)18-13(17)15-9-8-10-6-4-5-7-11(10)15/h4-9,12,16H,1-3H3. The molecular formula is C14H17NOS2. The van der Waals surface area contributed by atoms with Crippen LogP contribution in [0.2, 0.25) is 0 Å². The number of fused-ring (bicyclic) bond motifs is 1. The van der Waals surface area contributed by atoms with Crippen molar-refractivity contribution < 1.29 is 5.11 Å². The second-order valence-corrected chi connectivity index (χ2v) is 7.06. The van der Waals surface area contributed by atoms with Crippen molar-refractivity contribution in [3.05, 3.63) is 36.5 Å². The van der Waals surface area contributed by atoms with E-state index in [0.29, 0.717) is 4.32 Å². The smallest absolute Gasteiger partial charge is 0.147 e. The number of nitrogens with zero attached hydrogens (tertiary/aromatic N) is 1. The van der Waals surface area contributed by atoms with E-state index >= 15 is 0 Å². The van der Waals surface area contributed by atoms with Crippen LogP contribution in [-0.4, -0.2) is 19.4 Å². The van der Waals surface area contributed by atoms with Crippen LogP contribution >= 0.6 is 24.0 Å². The number of aromatic nitrogens is 1. The van der Waals surface area contributed by atoms with Crippen LogP contribution in [0.5, 0.6) is 0 Å². The number of thiocarbonyl (C=S) groups is 1. The molecule has 4 heteroatoms. The lowest BCUT2D eigenvalue weighted by Gasteiger charge is -2.25. The fraction of sp³-hybridized carbons (Fsp3) is 0.357. The minimum atomic E-state index is -0.508. The maximum atomic E-state index is 10.1. The Balaban J connectivity index is 2.24. The Kier molecular flexibility index (Phi) is 3.80. The van der Waals surface area contributed by atoms with Gasteiger partial charge in [-0.3, -0.25) is 0 Å². The van der Waals surface area contributed by atoms with E-state index in [1.165, 1.54) is 11.8 Å². The molecule has 1 N–H and O–H groups in total. The molecule has 0 saturated heterocycles. The predicted molar refractivity (Wildman–Crippen MR) is 83.0 cm³/mol. The molecule has 1 unspecified atom stereocenters.